The van der Waals surface area contributed by atoms with Gasteiger partial charge in [-0.2, -0.15) is 0 Å². The second-order valence-electron chi connectivity index (χ2n) is 8.40. The van der Waals surface area contributed by atoms with Crippen molar-refractivity contribution in [2.45, 2.75) is 19.4 Å². The van der Waals surface area contributed by atoms with E-state index < -0.39 is 29.9 Å². The number of amides is 4. The highest BCUT2D eigenvalue weighted by atomic mass is 16.5. The first-order valence-corrected chi connectivity index (χ1v) is 11.1. The van der Waals surface area contributed by atoms with Gasteiger partial charge in [0.25, 0.3) is 5.91 Å². The first-order valence-electron chi connectivity index (χ1n) is 11.1. The second-order valence-corrected chi connectivity index (χ2v) is 8.40. The summed E-state index contributed by atoms with van der Waals surface area (Å²) in [6.07, 6.45) is 0. The number of nitrogens with zero attached hydrogens (tertiary/aromatic N) is 1. The number of benzene rings is 3. The van der Waals surface area contributed by atoms with Crippen molar-refractivity contribution in [3.63, 3.8) is 0 Å². The number of aryl methyl sites for hydroxylation is 2. The summed E-state index contributed by atoms with van der Waals surface area (Å²) >= 11 is 0. The number of hydrogen-bond donors (Lipinski definition) is 2. The first-order chi connectivity index (χ1) is 16.8. The Labute approximate surface area is 203 Å². The third-order valence-corrected chi connectivity index (χ3v) is 6.12. The molecule has 2 N–H and O–H groups in total. The SMILES string of the molecule is COc1ccc(C2(c3ccc(OC)cc3)NC(=O)N(CC(=O)Nc3cc(C)ccc3C)C2=O)cc1. The highest BCUT2D eigenvalue weighted by molar-refractivity contribution is 6.12. The lowest BCUT2D eigenvalue weighted by Gasteiger charge is -2.28. The Balaban J connectivity index is 1.68. The molecule has 0 bridgehead atoms. The highest BCUT2D eigenvalue weighted by Gasteiger charge is 2.54. The Bertz CT molecular complexity index is 1220. The number of methoxy groups -OCH3 is 2. The van der Waals surface area contributed by atoms with Crippen molar-refractivity contribution in [2.75, 3.05) is 26.1 Å². The lowest BCUT2D eigenvalue weighted by molar-refractivity contribution is -0.133. The van der Waals surface area contributed by atoms with Crippen molar-refractivity contribution in [1.29, 1.82) is 0 Å². The van der Waals surface area contributed by atoms with E-state index in [1.165, 1.54) is 0 Å². The van der Waals surface area contributed by atoms with E-state index in [0.717, 1.165) is 16.0 Å². The summed E-state index contributed by atoms with van der Waals surface area (Å²) in [6.45, 7) is 3.37. The normalized spacial score (nSPS) is 14.5. The van der Waals surface area contributed by atoms with Crippen LogP contribution in [0.25, 0.3) is 0 Å². The number of hydrogen-bond acceptors (Lipinski definition) is 5. The van der Waals surface area contributed by atoms with Crippen LogP contribution in [0.15, 0.2) is 66.7 Å². The smallest absolute Gasteiger partial charge is 0.326 e. The predicted octanol–water partition coefficient (Wildman–Crippen LogP) is 3.75. The minimum atomic E-state index is -1.50. The van der Waals surface area contributed by atoms with E-state index in [4.69, 9.17) is 9.47 Å². The van der Waals surface area contributed by atoms with Crippen LogP contribution < -0.4 is 20.1 Å². The van der Waals surface area contributed by atoms with Gasteiger partial charge in [0.05, 0.1) is 14.2 Å². The highest BCUT2D eigenvalue weighted by Crippen LogP contribution is 2.37. The van der Waals surface area contributed by atoms with Crippen LogP contribution in [0.2, 0.25) is 0 Å². The van der Waals surface area contributed by atoms with E-state index in [9.17, 15) is 14.4 Å². The fourth-order valence-electron chi connectivity index (χ4n) is 4.16. The number of imide groups is 1. The van der Waals surface area contributed by atoms with Crippen molar-refractivity contribution in [3.8, 4) is 11.5 Å². The summed E-state index contributed by atoms with van der Waals surface area (Å²) in [7, 11) is 3.10. The molecular formula is C27H27N3O5. The molecule has 35 heavy (non-hydrogen) atoms. The molecule has 1 aliphatic rings. The third-order valence-electron chi connectivity index (χ3n) is 6.12. The van der Waals surface area contributed by atoms with Gasteiger partial charge in [0.2, 0.25) is 5.91 Å². The number of carbonyl (C=O) groups excluding carboxylic acids is 3. The predicted molar refractivity (Wildman–Crippen MR) is 132 cm³/mol. The molecule has 0 aromatic heterocycles. The average molecular weight is 474 g/mol. The quantitative estimate of drug-likeness (QED) is 0.510. The Morgan fingerprint density at radius 2 is 1.43 bits per heavy atom. The molecule has 0 radical (unpaired) electrons. The van der Waals surface area contributed by atoms with Crippen molar-refractivity contribution in [2.24, 2.45) is 0 Å². The summed E-state index contributed by atoms with van der Waals surface area (Å²) in [5.41, 5.74) is 2.08. The van der Waals surface area contributed by atoms with Crippen molar-refractivity contribution < 1.29 is 23.9 Å². The molecule has 180 valence electrons. The number of anilines is 1. The minimum absolute atomic E-state index is 0.424. The van der Waals surface area contributed by atoms with Crippen molar-refractivity contribution in [1.82, 2.24) is 10.2 Å². The summed E-state index contributed by atoms with van der Waals surface area (Å²) in [6, 6.07) is 18.8. The van der Waals surface area contributed by atoms with Gasteiger partial charge in [0.15, 0.2) is 5.54 Å². The van der Waals surface area contributed by atoms with Gasteiger partial charge in [0, 0.05) is 5.69 Å². The number of carbonyl (C=O) groups is 3. The van der Waals surface area contributed by atoms with Gasteiger partial charge in [-0.05, 0) is 66.4 Å². The third kappa shape index (κ3) is 4.42. The second kappa shape index (κ2) is 9.50. The van der Waals surface area contributed by atoms with E-state index in [1.807, 2.05) is 32.0 Å². The molecule has 1 saturated heterocycles. The molecule has 1 aliphatic heterocycles. The molecule has 4 amide bonds. The van der Waals surface area contributed by atoms with Gasteiger partial charge in [-0.25, -0.2) is 4.79 Å². The van der Waals surface area contributed by atoms with Crippen LogP contribution in [0.3, 0.4) is 0 Å². The van der Waals surface area contributed by atoms with Gasteiger partial charge < -0.3 is 20.1 Å². The van der Waals surface area contributed by atoms with Crippen LogP contribution in [0.4, 0.5) is 10.5 Å². The molecule has 0 atom stereocenters. The van der Waals surface area contributed by atoms with Crippen LogP contribution >= 0.6 is 0 Å². The molecule has 8 nitrogen and oxygen atoms in total. The van der Waals surface area contributed by atoms with Gasteiger partial charge in [-0.1, -0.05) is 36.4 Å². The van der Waals surface area contributed by atoms with E-state index in [2.05, 4.69) is 10.6 Å². The molecule has 4 rings (SSSR count). The van der Waals surface area contributed by atoms with Crippen LogP contribution in [0.5, 0.6) is 11.5 Å². The van der Waals surface area contributed by atoms with Gasteiger partial charge in [0.1, 0.15) is 18.0 Å². The fourth-order valence-corrected chi connectivity index (χ4v) is 4.16. The zero-order valence-electron chi connectivity index (χ0n) is 20.0. The molecule has 0 unspecified atom stereocenters. The van der Waals surface area contributed by atoms with Gasteiger partial charge in [-0.3, -0.25) is 14.5 Å². The Morgan fingerprint density at radius 3 is 1.94 bits per heavy atom. The molecule has 3 aromatic rings. The number of nitrogens with one attached hydrogen (secondary N) is 2. The molecule has 0 spiro atoms. The summed E-state index contributed by atoms with van der Waals surface area (Å²) in [5.74, 6) is 0.205. The number of ether oxygens (including phenoxy) is 2. The lowest BCUT2D eigenvalue weighted by atomic mass is 9.82. The fraction of sp³-hybridized carbons (Fsp3) is 0.222. The molecule has 0 saturated carbocycles. The van der Waals surface area contributed by atoms with E-state index >= 15 is 0 Å². The molecule has 1 fully saturated rings. The Hall–Kier alpha value is -4.33. The topological polar surface area (TPSA) is 97.0 Å². The largest absolute Gasteiger partial charge is 0.497 e. The average Bonchev–Trinajstić information content (AvgIpc) is 3.12. The molecule has 0 aliphatic carbocycles. The van der Waals surface area contributed by atoms with Crippen LogP contribution in [0.1, 0.15) is 22.3 Å². The Morgan fingerprint density at radius 1 is 0.886 bits per heavy atom. The van der Waals surface area contributed by atoms with Gasteiger partial charge >= 0.3 is 6.03 Å². The van der Waals surface area contributed by atoms with E-state index in [-0.39, 0.29) is 0 Å². The maximum Gasteiger partial charge on any atom is 0.326 e. The summed E-state index contributed by atoms with van der Waals surface area (Å²) in [5, 5.41) is 5.65. The maximum absolute atomic E-state index is 13.9. The Kier molecular flexibility index (Phi) is 6.46. The lowest BCUT2D eigenvalue weighted by Crippen LogP contribution is -2.45. The standard InChI is InChI=1S/C27H27N3O5/c1-17-5-6-18(2)23(15-17)28-24(31)16-30-25(32)27(29-26(30)33,19-7-11-21(34-3)12-8-19)20-9-13-22(35-4)14-10-20/h5-15H,16H2,1-4H3,(H,28,31)(H,29,33). The van der Waals surface area contributed by atoms with Gasteiger partial charge in [-0.15, -0.1) is 0 Å². The van der Waals surface area contributed by atoms with Crippen molar-refractivity contribution >= 4 is 23.5 Å². The molecule has 1 heterocycles. The zero-order valence-corrected chi connectivity index (χ0v) is 20.0. The summed E-state index contributed by atoms with van der Waals surface area (Å²) < 4.78 is 10.5. The molecule has 3 aromatic carbocycles. The maximum atomic E-state index is 13.9. The zero-order chi connectivity index (χ0) is 25.2. The van der Waals surface area contributed by atoms with E-state index in [1.54, 1.807) is 62.8 Å². The van der Waals surface area contributed by atoms with E-state index in [0.29, 0.717) is 28.3 Å². The molecule has 8 heteroatoms. The van der Waals surface area contributed by atoms with Crippen LogP contribution in [0, 0.1) is 13.8 Å². The molecular weight excluding hydrogens is 446 g/mol. The number of rotatable bonds is 7. The van der Waals surface area contributed by atoms with Crippen LogP contribution in [-0.2, 0) is 15.1 Å². The van der Waals surface area contributed by atoms with Crippen LogP contribution in [-0.4, -0.2) is 43.5 Å². The first kappa shape index (κ1) is 23.8. The monoisotopic (exact) mass is 473 g/mol. The minimum Gasteiger partial charge on any atom is -0.497 e. The summed E-state index contributed by atoms with van der Waals surface area (Å²) in [4.78, 5) is 40.7. The van der Waals surface area contributed by atoms with Crippen molar-refractivity contribution in [3.05, 3.63) is 89.0 Å². The number of urea groups is 1.